The Morgan fingerprint density at radius 2 is 2.00 bits per heavy atom. The average Bonchev–Trinajstić information content (AvgIpc) is 2.90. The summed E-state index contributed by atoms with van der Waals surface area (Å²) < 4.78 is 11.1. The second-order valence-corrected chi connectivity index (χ2v) is 4.99. The molecule has 1 atom stereocenters. The van der Waals surface area contributed by atoms with Crippen LogP contribution in [-0.2, 0) is 0 Å². The molecule has 1 N–H and O–H groups in total. The van der Waals surface area contributed by atoms with Crippen molar-refractivity contribution >= 4 is 11.3 Å². The van der Waals surface area contributed by atoms with E-state index in [4.69, 9.17) is 9.47 Å². The number of benzene rings is 1. The van der Waals surface area contributed by atoms with Crippen molar-refractivity contribution in [1.29, 1.82) is 0 Å². The fraction of sp³-hybridized carbons (Fsp3) is 0.333. The molecule has 1 unspecified atom stereocenters. The lowest BCUT2D eigenvalue weighted by molar-refractivity contribution is 0.333. The molecular formula is C15H19NO2S. The van der Waals surface area contributed by atoms with E-state index in [-0.39, 0.29) is 6.04 Å². The number of ether oxygens (including phenoxy) is 2. The van der Waals surface area contributed by atoms with Crippen molar-refractivity contribution in [2.75, 3.05) is 20.8 Å². The molecule has 19 heavy (non-hydrogen) atoms. The minimum Gasteiger partial charge on any atom is -0.496 e. The van der Waals surface area contributed by atoms with E-state index < -0.39 is 0 Å². The lowest BCUT2D eigenvalue weighted by atomic mass is 10.0. The van der Waals surface area contributed by atoms with Crippen molar-refractivity contribution in [2.45, 2.75) is 13.0 Å². The lowest BCUT2D eigenvalue weighted by Gasteiger charge is -2.20. The van der Waals surface area contributed by atoms with E-state index >= 15 is 0 Å². The van der Waals surface area contributed by atoms with Crippen LogP contribution in [0.5, 0.6) is 11.5 Å². The van der Waals surface area contributed by atoms with Crippen LogP contribution < -0.4 is 14.8 Å². The summed E-state index contributed by atoms with van der Waals surface area (Å²) in [6.45, 7) is 2.66. The van der Waals surface area contributed by atoms with Gasteiger partial charge in [-0.25, -0.2) is 0 Å². The monoisotopic (exact) mass is 277 g/mol. The third-order valence-electron chi connectivity index (χ3n) is 2.96. The molecule has 0 aliphatic heterocycles. The van der Waals surface area contributed by atoms with Crippen molar-refractivity contribution in [3.05, 3.63) is 46.2 Å². The maximum absolute atomic E-state index is 5.72. The number of hydrogen-bond acceptors (Lipinski definition) is 4. The van der Waals surface area contributed by atoms with E-state index in [0.717, 1.165) is 21.9 Å². The van der Waals surface area contributed by atoms with Crippen LogP contribution in [-0.4, -0.2) is 20.8 Å². The van der Waals surface area contributed by atoms with Gasteiger partial charge >= 0.3 is 0 Å². The van der Waals surface area contributed by atoms with Gasteiger partial charge in [-0.1, -0.05) is 18.2 Å². The van der Waals surface area contributed by atoms with Gasteiger partial charge in [0.25, 0.3) is 0 Å². The Balaban J connectivity index is 2.42. The minimum atomic E-state index is 0.0812. The zero-order valence-electron chi connectivity index (χ0n) is 11.5. The summed E-state index contributed by atoms with van der Waals surface area (Å²) in [4.78, 5) is 1.16. The quantitative estimate of drug-likeness (QED) is 0.877. The first-order valence-corrected chi connectivity index (χ1v) is 7.20. The fourth-order valence-corrected chi connectivity index (χ4v) is 3.11. The molecule has 102 valence electrons. The van der Waals surface area contributed by atoms with Gasteiger partial charge in [-0.3, -0.25) is 0 Å². The molecule has 2 aromatic rings. The molecule has 2 rings (SSSR count). The van der Waals surface area contributed by atoms with Crippen LogP contribution in [0.1, 0.15) is 23.4 Å². The van der Waals surface area contributed by atoms with Crippen LogP contribution in [0.2, 0.25) is 0 Å². The lowest BCUT2D eigenvalue weighted by Crippen LogP contribution is -2.18. The molecule has 1 heterocycles. The highest BCUT2D eigenvalue weighted by atomic mass is 32.1. The van der Waals surface area contributed by atoms with Gasteiger partial charge in [0.1, 0.15) is 11.5 Å². The van der Waals surface area contributed by atoms with E-state index in [1.807, 2.05) is 43.6 Å². The Bertz CT molecular complexity index is 524. The molecular weight excluding hydrogens is 258 g/mol. The van der Waals surface area contributed by atoms with Gasteiger partial charge in [-0.15, -0.1) is 11.3 Å². The largest absolute Gasteiger partial charge is 0.496 e. The molecule has 0 radical (unpaired) electrons. The minimum absolute atomic E-state index is 0.0812. The molecule has 1 aromatic heterocycles. The van der Waals surface area contributed by atoms with Crippen LogP contribution >= 0.6 is 11.3 Å². The first-order valence-electron chi connectivity index (χ1n) is 6.32. The van der Waals surface area contributed by atoms with Gasteiger partial charge in [0.2, 0.25) is 0 Å². The van der Waals surface area contributed by atoms with Crippen LogP contribution in [0.3, 0.4) is 0 Å². The summed E-state index contributed by atoms with van der Waals surface area (Å²) in [6, 6.07) is 10.2. The number of thiophene rings is 1. The van der Waals surface area contributed by atoms with E-state index in [1.165, 1.54) is 0 Å². The number of hydrogen-bond donors (Lipinski definition) is 1. The molecule has 0 aliphatic rings. The van der Waals surface area contributed by atoms with Gasteiger partial charge in [0.05, 0.1) is 24.6 Å². The topological polar surface area (TPSA) is 30.5 Å². The summed E-state index contributed by atoms with van der Waals surface area (Å²) in [6.07, 6.45) is 0. The summed E-state index contributed by atoms with van der Waals surface area (Å²) in [5.41, 5.74) is 1.13. The molecule has 0 saturated carbocycles. The maximum Gasteiger partial charge on any atom is 0.134 e. The van der Waals surface area contributed by atoms with Gasteiger partial charge in [0, 0.05) is 5.56 Å². The normalized spacial score (nSPS) is 12.2. The molecule has 0 bridgehead atoms. The molecule has 0 saturated heterocycles. The second kappa shape index (κ2) is 6.59. The maximum atomic E-state index is 5.72. The van der Waals surface area contributed by atoms with Gasteiger partial charge in [0.15, 0.2) is 0 Å². The van der Waals surface area contributed by atoms with Crippen molar-refractivity contribution in [3.63, 3.8) is 0 Å². The molecule has 0 aliphatic carbocycles. The first kappa shape index (κ1) is 13.9. The Morgan fingerprint density at radius 3 is 2.68 bits per heavy atom. The highest BCUT2D eigenvalue weighted by molar-refractivity contribution is 7.10. The average molecular weight is 277 g/mol. The third-order valence-corrected chi connectivity index (χ3v) is 3.92. The Hall–Kier alpha value is -1.52. The Morgan fingerprint density at radius 1 is 1.21 bits per heavy atom. The Labute approximate surface area is 118 Å². The van der Waals surface area contributed by atoms with Crippen molar-refractivity contribution < 1.29 is 9.47 Å². The first-order chi connectivity index (χ1) is 9.31. The van der Waals surface area contributed by atoms with Crippen LogP contribution in [0.4, 0.5) is 0 Å². The van der Waals surface area contributed by atoms with Gasteiger partial charge < -0.3 is 14.8 Å². The highest BCUT2D eigenvalue weighted by Crippen LogP contribution is 2.37. The van der Waals surface area contributed by atoms with Crippen molar-refractivity contribution in [2.24, 2.45) is 0 Å². The van der Waals surface area contributed by atoms with E-state index in [9.17, 15) is 0 Å². The second-order valence-electron chi connectivity index (χ2n) is 4.05. The summed E-state index contributed by atoms with van der Waals surface area (Å²) in [5, 5.41) is 5.39. The van der Waals surface area contributed by atoms with E-state index in [1.54, 1.807) is 18.4 Å². The van der Waals surface area contributed by atoms with Crippen molar-refractivity contribution in [3.8, 4) is 11.5 Å². The van der Waals surface area contributed by atoms with Gasteiger partial charge in [-0.2, -0.15) is 0 Å². The fourth-order valence-electron chi connectivity index (χ4n) is 2.12. The molecule has 0 spiro atoms. The predicted octanol–water partition coefficient (Wildman–Crippen LogP) is 3.46. The number of methoxy groups -OCH3 is 1. The molecule has 1 aromatic carbocycles. The zero-order valence-corrected chi connectivity index (χ0v) is 12.3. The molecule has 4 heteroatoms. The van der Waals surface area contributed by atoms with Crippen LogP contribution in [0, 0.1) is 0 Å². The van der Waals surface area contributed by atoms with E-state index in [2.05, 4.69) is 11.4 Å². The summed E-state index contributed by atoms with van der Waals surface area (Å²) in [7, 11) is 3.65. The smallest absolute Gasteiger partial charge is 0.134 e. The Kier molecular flexibility index (Phi) is 4.82. The van der Waals surface area contributed by atoms with Crippen LogP contribution in [0.25, 0.3) is 0 Å². The summed E-state index contributed by atoms with van der Waals surface area (Å²) in [5.74, 6) is 1.83. The molecule has 3 nitrogen and oxygen atoms in total. The molecule has 0 fully saturated rings. The summed E-state index contributed by atoms with van der Waals surface area (Å²) >= 11 is 1.69. The SMILES string of the molecule is CCOc1ccccc1C(NC)c1sccc1OC. The molecule has 0 amide bonds. The van der Waals surface area contributed by atoms with E-state index in [0.29, 0.717) is 6.61 Å². The zero-order chi connectivity index (χ0) is 13.7. The number of nitrogens with one attached hydrogen (secondary N) is 1. The number of para-hydroxylation sites is 1. The van der Waals surface area contributed by atoms with Gasteiger partial charge in [-0.05, 0) is 31.5 Å². The van der Waals surface area contributed by atoms with Crippen molar-refractivity contribution in [1.82, 2.24) is 5.32 Å². The predicted molar refractivity (Wildman–Crippen MR) is 79.4 cm³/mol. The third kappa shape index (κ3) is 2.91. The highest BCUT2D eigenvalue weighted by Gasteiger charge is 2.21. The number of rotatable bonds is 6. The standard InChI is InChI=1S/C15H19NO2S/c1-4-18-12-8-6-5-7-11(12)14(16-2)15-13(17-3)9-10-19-15/h5-10,14,16H,4H2,1-3H3. The van der Waals surface area contributed by atoms with Crippen LogP contribution in [0.15, 0.2) is 35.7 Å².